The molecule has 0 amide bonds. The summed E-state index contributed by atoms with van der Waals surface area (Å²) in [5.41, 5.74) is 2.05. The van der Waals surface area contributed by atoms with Crippen LogP contribution in [0.2, 0.25) is 5.28 Å². The van der Waals surface area contributed by atoms with E-state index in [-0.39, 0.29) is 5.28 Å². The first-order chi connectivity index (χ1) is 6.72. The van der Waals surface area contributed by atoms with Crippen molar-refractivity contribution >= 4 is 28.8 Å². The zero-order valence-electron chi connectivity index (χ0n) is 7.49. The average molecular weight is 207 g/mol. The van der Waals surface area contributed by atoms with E-state index in [1.807, 2.05) is 25.1 Å². The number of aromatic nitrogens is 2. The number of carbonyl (C=O) groups excluding carboxylic acids is 1. The van der Waals surface area contributed by atoms with Gasteiger partial charge in [-0.1, -0.05) is 18.2 Å². The van der Waals surface area contributed by atoms with Crippen LogP contribution in [0.5, 0.6) is 0 Å². The van der Waals surface area contributed by atoms with Crippen LogP contribution in [0.1, 0.15) is 16.1 Å². The number of halogens is 1. The third kappa shape index (κ3) is 1.36. The fourth-order valence-corrected chi connectivity index (χ4v) is 1.56. The second-order valence-corrected chi connectivity index (χ2v) is 3.30. The molecule has 0 saturated carbocycles. The van der Waals surface area contributed by atoms with E-state index in [1.54, 1.807) is 0 Å². The van der Waals surface area contributed by atoms with Crippen LogP contribution in [-0.4, -0.2) is 16.3 Å². The predicted molar refractivity (Wildman–Crippen MR) is 54.7 cm³/mol. The van der Waals surface area contributed by atoms with Crippen molar-refractivity contribution in [2.75, 3.05) is 0 Å². The first-order valence-corrected chi connectivity index (χ1v) is 4.48. The molecule has 1 aromatic heterocycles. The highest BCUT2D eigenvalue weighted by atomic mass is 35.5. The zero-order valence-corrected chi connectivity index (χ0v) is 8.25. The Kier molecular flexibility index (Phi) is 2.17. The number of aryl methyl sites for hydroxylation is 1. The van der Waals surface area contributed by atoms with Gasteiger partial charge in [0.15, 0.2) is 6.29 Å². The van der Waals surface area contributed by atoms with Crippen molar-refractivity contribution in [2.24, 2.45) is 0 Å². The molecule has 0 saturated heterocycles. The number of aldehydes is 1. The third-order valence-corrected chi connectivity index (χ3v) is 2.21. The van der Waals surface area contributed by atoms with Gasteiger partial charge in [0.25, 0.3) is 0 Å². The minimum Gasteiger partial charge on any atom is -0.296 e. The summed E-state index contributed by atoms with van der Waals surface area (Å²) in [5, 5.41) is 0.846. The van der Waals surface area contributed by atoms with E-state index < -0.39 is 0 Å². The number of nitrogens with zero attached hydrogens (tertiary/aromatic N) is 2. The second-order valence-electron chi connectivity index (χ2n) is 2.97. The molecule has 0 aliphatic carbocycles. The summed E-state index contributed by atoms with van der Waals surface area (Å²) < 4.78 is 0. The molecule has 4 heteroatoms. The third-order valence-electron chi connectivity index (χ3n) is 2.04. The van der Waals surface area contributed by atoms with Crippen molar-refractivity contribution in [1.82, 2.24) is 9.97 Å². The molecule has 2 rings (SSSR count). The molecule has 0 bridgehead atoms. The molecule has 0 unspecified atom stereocenters. The number of para-hydroxylation sites is 1. The van der Waals surface area contributed by atoms with E-state index in [4.69, 9.17) is 11.6 Å². The van der Waals surface area contributed by atoms with Crippen LogP contribution >= 0.6 is 11.6 Å². The van der Waals surface area contributed by atoms with Crippen LogP contribution in [0.25, 0.3) is 10.9 Å². The Morgan fingerprint density at radius 1 is 1.36 bits per heavy atom. The van der Waals surface area contributed by atoms with Gasteiger partial charge in [-0.2, -0.15) is 0 Å². The van der Waals surface area contributed by atoms with Gasteiger partial charge in [-0.05, 0) is 24.1 Å². The molecule has 0 N–H and O–H groups in total. The maximum Gasteiger partial charge on any atom is 0.223 e. The van der Waals surface area contributed by atoms with Gasteiger partial charge in [0.1, 0.15) is 5.69 Å². The summed E-state index contributed by atoms with van der Waals surface area (Å²) in [4.78, 5) is 18.7. The summed E-state index contributed by atoms with van der Waals surface area (Å²) in [6.07, 6.45) is 0.690. The zero-order chi connectivity index (χ0) is 10.1. The van der Waals surface area contributed by atoms with Crippen molar-refractivity contribution < 1.29 is 4.79 Å². The maximum absolute atomic E-state index is 10.7. The Labute approximate surface area is 85.7 Å². The fourth-order valence-electron chi connectivity index (χ4n) is 1.38. The van der Waals surface area contributed by atoms with Crippen LogP contribution in [0.3, 0.4) is 0 Å². The topological polar surface area (TPSA) is 42.9 Å². The molecule has 0 fully saturated rings. The lowest BCUT2D eigenvalue weighted by atomic mass is 10.1. The summed E-state index contributed by atoms with van der Waals surface area (Å²) in [6.45, 7) is 1.92. The molecule has 0 atom stereocenters. The Morgan fingerprint density at radius 2 is 2.14 bits per heavy atom. The van der Waals surface area contributed by atoms with Gasteiger partial charge in [-0.15, -0.1) is 0 Å². The van der Waals surface area contributed by atoms with Crippen molar-refractivity contribution in [3.63, 3.8) is 0 Å². The summed E-state index contributed by atoms with van der Waals surface area (Å²) in [7, 11) is 0. The molecule has 3 nitrogen and oxygen atoms in total. The lowest BCUT2D eigenvalue weighted by molar-refractivity contribution is 0.112. The smallest absolute Gasteiger partial charge is 0.223 e. The molecular weight excluding hydrogens is 200 g/mol. The molecule has 0 aliphatic heterocycles. The van der Waals surface area contributed by atoms with Gasteiger partial charge < -0.3 is 0 Å². The van der Waals surface area contributed by atoms with Gasteiger partial charge >= 0.3 is 0 Å². The molecule has 14 heavy (non-hydrogen) atoms. The molecule has 1 aromatic carbocycles. The van der Waals surface area contributed by atoms with Gasteiger partial charge in [0, 0.05) is 5.39 Å². The first kappa shape index (κ1) is 9.09. The number of hydrogen-bond donors (Lipinski definition) is 0. The van der Waals surface area contributed by atoms with Crippen LogP contribution in [0.15, 0.2) is 18.2 Å². The number of rotatable bonds is 1. The summed E-state index contributed by atoms with van der Waals surface area (Å²) in [5.74, 6) is 0. The summed E-state index contributed by atoms with van der Waals surface area (Å²) >= 11 is 5.69. The van der Waals surface area contributed by atoms with E-state index in [9.17, 15) is 4.79 Å². The lowest BCUT2D eigenvalue weighted by Crippen LogP contribution is -1.94. The number of benzene rings is 1. The van der Waals surface area contributed by atoms with E-state index in [1.165, 1.54) is 0 Å². The van der Waals surface area contributed by atoms with Crippen molar-refractivity contribution in [2.45, 2.75) is 6.92 Å². The standard InChI is InChI=1S/C10H7ClN2O/c1-6-3-2-4-7-8(5-14)12-10(11)13-9(6)7/h2-5H,1H3. The number of carbonyl (C=O) groups is 1. The predicted octanol–water partition coefficient (Wildman–Crippen LogP) is 2.40. The molecule has 0 spiro atoms. The Balaban J connectivity index is 2.94. The van der Waals surface area contributed by atoms with Gasteiger partial charge in [0.05, 0.1) is 5.52 Å². The molecule has 70 valence electrons. The quantitative estimate of drug-likeness (QED) is 0.532. The Bertz CT molecular complexity index is 511. The van der Waals surface area contributed by atoms with Crippen LogP contribution in [0.4, 0.5) is 0 Å². The van der Waals surface area contributed by atoms with E-state index in [0.29, 0.717) is 12.0 Å². The van der Waals surface area contributed by atoms with E-state index >= 15 is 0 Å². The molecule has 0 radical (unpaired) electrons. The highest BCUT2D eigenvalue weighted by Gasteiger charge is 2.06. The SMILES string of the molecule is Cc1cccc2c(C=O)nc(Cl)nc12. The Hall–Kier alpha value is -1.48. The molecule has 0 aliphatic rings. The lowest BCUT2D eigenvalue weighted by Gasteiger charge is -2.02. The van der Waals surface area contributed by atoms with Crippen LogP contribution in [-0.2, 0) is 0 Å². The monoisotopic (exact) mass is 206 g/mol. The largest absolute Gasteiger partial charge is 0.296 e. The van der Waals surface area contributed by atoms with Gasteiger partial charge in [0.2, 0.25) is 5.28 Å². The van der Waals surface area contributed by atoms with E-state index in [2.05, 4.69) is 9.97 Å². The van der Waals surface area contributed by atoms with Crippen molar-refractivity contribution in [3.8, 4) is 0 Å². The summed E-state index contributed by atoms with van der Waals surface area (Å²) in [6, 6.07) is 5.59. The number of fused-ring (bicyclic) bond motifs is 1. The molecule has 2 aromatic rings. The van der Waals surface area contributed by atoms with E-state index in [0.717, 1.165) is 16.5 Å². The second kappa shape index (κ2) is 3.35. The van der Waals surface area contributed by atoms with Crippen LogP contribution < -0.4 is 0 Å². The highest BCUT2D eigenvalue weighted by Crippen LogP contribution is 2.19. The van der Waals surface area contributed by atoms with Crippen molar-refractivity contribution in [3.05, 3.63) is 34.7 Å². The minimum absolute atomic E-state index is 0.105. The van der Waals surface area contributed by atoms with Crippen molar-refractivity contribution in [1.29, 1.82) is 0 Å². The minimum atomic E-state index is 0.105. The van der Waals surface area contributed by atoms with Gasteiger partial charge in [-0.3, -0.25) is 4.79 Å². The highest BCUT2D eigenvalue weighted by molar-refractivity contribution is 6.28. The van der Waals surface area contributed by atoms with Crippen LogP contribution in [0, 0.1) is 6.92 Å². The molecular formula is C10H7ClN2O. The average Bonchev–Trinajstić information content (AvgIpc) is 2.18. The number of hydrogen-bond acceptors (Lipinski definition) is 3. The maximum atomic E-state index is 10.7. The normalized spacial score (nSPS) is 10.4. The fraction of sp³-hybridized carbons (Fsp3) is 0.100. The Morgan fingerprint density at radius 3 is 2.86 bits per heavy atom. The van der Waals surface area contributed by atoms with Gasteiger partial charge in [-0.25, -0.2) is 9.97 Å². The first-order valence-electron chi connectivity index (χ1n) is 4.10. The molecule has 1 heterocycles.